The van der Waals surface area contributed by atoms with E-state index in [2.05, 4.69) is 168 Å². The number of allylic oxidation sites excluding steroid dienone is 4. The molecule has 0 bridgehead atoms. The number of benzene rings is 6. The first-order valence-corrected chi connectivity index (χ1v) is 20.1. The fourth-order valence-corrected chi connectivity index (χ4v) is 10.5. The summed E-state index contributed by atoms with van der Waals surface area (Å²) in [7, 11) is 0. The summed E-state index contributed by atoms with van der Waals surface area (Å²) in [5.74, 6) is 0. The number of anilines is 4. The Bertz CT molecular complexity index is 2560. The quantitative estimate of drug-likeness (QED) is 0.169. The number of nitrogens with zero attached hydrogens (tertiary/aromatic N) is 2. The summed E-state index contributed by atoms with van der Waals surface area (Å²) in [5, 5.41) is 2.51. The first-order chi connectivity index (χ1) is 26.7. The average molecular weight is 697 g/mol. The predicted octanol–water partition coefficient (Wildman–Crippen LogP) is 14.0. The summed E-state index contributed by atoms with van der Waals surface area (Å²) in [4.78, 5) is 5.09. The molecule has 3 aliphatic carbocycles. The minimum atomic E-state index is 0.118. The van der Waals surface area contributed by atoms with Gasteiger partial charge in [-0.3, -0.25) is 0 Å². The summed E-state index contributed by atoms with van der Waals surface area (Å²) in [5.41, 5.74) is 19.2. The Labute approximate surface area is 319 Å². The largest absolute Gasteiger partial charge is 0.345 e. The smallest absolute Gasteiger partial charge is 0.0540 e. The van der Waals surface area contributed by atoms with Crippen LogP contribution in [-0.4, -0.2) is 6.54 Å². The van der Waals surface area contributed by atoms with Gasteiger partial charge in [0.2, 0.25) is 0 Å². The normalized spacial score (nSPS) is 17.9. The SMILES string of the molecule is C1=CC2=C(CC1)N(c1ccc3c(c1)C1(CCCC1)c1cc(/C=C/c4cccc5c(N6c7ccccc7C=Cc7ccccc76)cccc45)ccc1-3)CCC2. The maximum atomic E-state index is 2.65. The van der Waals surface area contributed by atoms with Crippen molar-refractivity contribution in [3.8, 4) is 11.1 Å². The van der Waals surface area contributed by atoms with E-state index in [1.807, 2.05) is 0 Å². The lowest BCUT2D eigenvalue weighted by Gasteiger charge is -2.36. The van der Waals surface area contributed by atoms with Gasteiger partial charge in [0.25, 0.3) is 0 Å². The fraction of sp³-hybridized carbons (Fsp3) is 0.192. The van der Waals surface area contributed by atoms with E-state index in [0.717, 1.165) is 13.0 Å². The van der Waals surface area contributed by atoms with Crippen LogP contribution in [0.25, 0.3) is 46.2 Å². The molecule has 0 amide bonds. The fourth-order valence-electron chi connectivity index (χ4n) is 10.5. The zero-order valence-electron chi connectivity index (χ0n) is 30.8. The molecule has 0 aromatic heterocycles. The molecule has 2 aliphatic heterocycles. The van der Waals surface area contributed by atoms with Crippen molar-refractivity contribution in [2.24, 2.45) is 0 Å². The van der Waals surface area contributed by atoms with Crippen LogP contribution in [0, 0.1) is 0 Å². The van der Waals surface area contributed by atoms with E-state index >= 15 is 0 Å². The van der Waals surface area contributed by atoms with Crippen molar-refractivity contribution >= 4 is 57.8 Å². The molecule has 6 aromatic rings. The van der Waals surface area contributed by atoms with Gasteiger partial charge in [-0.2, -0.15) is 0 Å². The molecule has 2 nitrogen and oxygen atoms in total. The van der Waals surface area contributed by atoms with Gasteiger partial charge in [0.15, 0.2) is 0 Å². The highest BCUT2D eigenvalue weighted by Crippen LogP contribution is 2.58. The molecule has 11 rings (SSSR count). The first kappa shape index (κ1) is 31.6. The van der Waals surface area contributed by atoms with E-state index in [1.165, 1.54) is 112 Å². The lowest BCUT2D eigenvalue weighted by Crippen LogP contribution is -2.30. The minimum Gasteiger partial charge on any atom is -0.345 e. The van der Waals surface area contributed by atoms with Crippen LogP contribution in [0.4, 0.5) is 22.7 Å². The van der Waals surface area contributed by atoms with Crippen molar-refractivity contribution in [3.05, 3.63) is 178 Å². The van der Waals surface area contributed by atoms with E-state index in [0.29, 0.717) is 0 Å². The van der Waals surface area contributed by atoms with Crippen molar-refractivity contribution in [2.75, 3.05) is 16.3 Å². The first-order valence-electron chi connectivity index (χ1n) is 20.1. The van der Waals surface area contributed by atoms with Gasteiger partial charge in [-0.05, 0) is 124 Å². The molecule has 262 valence electrons. The van der Waals surface area contributed by atoms with Crippen LogP contribution in [0.2, 0.25) is 0 Å². The molecule has 5 aliphatic rings. The summed E-state index contributed by atoms with van der Waals surface area (Å²) in [6, 6.07) is 45.7. The molecule has 1 spiro atoms. The summed E-state index contributed by atoms with van der Waals surface area (Å²) >= 11 is 0. The molecule has 0 atom stereocenters. The Morgan fingerprint density at radius 2 is 1.26 bits per heavy atom. The molecule has 2 heteroatoms. The Kier molecular flexibility index (Phi) is 7.40. The van der Waals surface area contributed by atoms with Crippen molar-refractivity contribution < 1.29 is 0 Å². The van der Waals surface area contributed by atoms with Gasteiger partial charge in [0.1, 0.15) is 0 Å². The second-order valence-corrected chi connectivity index (χ2v) is 15.8. The van der Waals surface area contributed by atoms with Gasteiger partial charge in [-0.1, -0.05) is 140 Å². The van der Waals surface area contributed by atoms with Crippen molar-refractivity contribution in [2.45, 2.75) is 56.8 Å². The van der Waals surface area contributed by atoms with Crippen LogP contribution in [0.5, 0.6) is 0 Å². The maximum absolute atomic E-state index is 2.65. The van der Waals surface area contributed by atoms with Gasteiger partial charge in [0.05, 0.1) is 17.1 Å². The number of para-hydroxylation sites is 2. The highest BCUT2D eigenvalue weighted by molar-refractivity contribution is 6.05. The predicted molar refractivity (Wildman–Crippen MR) is 230 cm³/mol. The van der Waals surface area contributed by atoms with E-state index in [9.17, 15) is 0 Å². The zero-order valence-corrected chi connectivity index (χ0v) is 30.8. The second-order valence-electron chi connectivity index (χ2n) is 15.8. The molecule has 0 unspecified atom stereocenters. The summed E-state index contributed by atoms with van der Waals surface area (Å²) in [6.07, 6.45) is 23.8. The van der Waals surface area contributed by atoms with Gasteiger partial charge in [-0.25, -0.2) is 0 Å². The zero-order chi connectivity index (χ0) is 35.6. The molecule has 0 saturated heterocycles. The van der Waals surface area contributed by atoms with Crippen LogP contribution in [0.15, 0.2) is 145 Å². The molecule has 0 N–H and O–H groups in total. The highest BCUT2D eigenvalue weighted by Gasteiger charge is 2.45. The number of hydrogen-bond donors (Lipinski definition) is 0. The Morgan fingerprint density at radius 3 is 2.07 bits per heavy atom. The molecular formula is C52H44N2. The van der Waals surface area contributed by atoms with Crippen LogP contribution in [0.3, 0.4) is 0 Å². The third kappa shape index (κ3) is 4.93. The number of fused-ring (bicyclic) bond motifs is 8. The van der Waals surface area contributed by atoms with Crippen molar-refractivity contribution in [3.63, 3.8) is 0 Å². The Hall–Kier alpha value is -5.86. The molecule has 1 saturated carbocycles. The van der Waals surface area contributed by atoms with E-state index in [1.54, 1.807) is 22.4 Å². The molecule has 6 aromatic carbocycles. The van der Waals surface area contributed by atoms with E-state index in [4.69, 9.17) is 0 Å². The average Bonchev–Trinajstić information content (AvgIpc) is 3.78. The van der Waals surface area contributed by atoms with Gasteiger partial charge < -0.3 is 9.80 Å². The van der Waals surface area contributed by atoms with Gasteiger partial charge in [0, 0.05) is 28.7 Å². The van der Waals surface area contributed by atoms with Crippen LogP contribution < -0.4 is 9.80 Å². The lowest BCUT2D eigenvalue weighted by atomic mass is 9.76. The van der Waals surface area contributed by atoms with Crippen LogP contribution >= 0.6 is 0 Å². The highest BCUT2D eigenvalue weighted by atomic mass is 15.2. The maximum Gasteiger partial charge on any atom is 0.0540 e. The number of rotatable bonds is 4. The summed E-state index contributed by atoms with van der Waals surface area (Å²) < 4.78 is 0. The van der Waals surface area contributed by atoms with Crippen LogP contribution in [0.1, 0.15) is 84.7 Å². The molecular weight excluding hydrogens is 653 g/mol. The van der Waals surface area contributed by atoms with E-state index in [-0.39, 0.29) is 5.41 Å². The monoisotopic (exact) mass is 696 g/mol. The molecule has 54 heavy (non-hydrogen) atoms. The number of hydrogen-bond acceptors (Lipinski definition) is 2. The molecule has 2 heterocycles. The van der Waals surface area contributed by atoms with Crippen molar-refractivity contribution in [1.82, 2.24) is 0 Å². The summed E-state index contributed by atoms with van der Waals surface area (Å²) in [6.45, 7) is 1.13. The van der Waals surface area contributed by atoms with Crippen molar-refractivity contribution in [1.29, 1.82) is 0 Å². The van der Waals surface area contributed by atoms with Gasteiger partial charge in [-0.15, -0.1) is 0 Å². The third-order valence-corrected chi connectivity index (χ3v) is 13.0. The molecule has 0 radical (unpaired) electrons. The topological polar surface area (TPSA) is 6.48 Å². The minimum absolute atomic E-state index is 0.118. The Balaban J connectivity index is 0.963. The lowest BCUT2D eigenvalue weighted by molar-refractivity contribution is 0.549. The van der Waals surface area contributed by atoms with E-state index < -0.39 is 0 Å². The standard InChI is InChI=1S/C52H44N2/c1-4-19-48-38(12-1)16-11-33-53(48)41-28-30-44-43-29-24-36(34-46(43)52(47(44)35-41)31-7-8-32-52)23-25-37-15-9-18-45-42(37)17-10-22-51(45)54-49-20-5-2-13-39(49)26-27-40-14-3-6-21-50(40)54/h1-3,5-6,9-10,12-15,17-18,20-30,34-35H,4,7-8,11,16,19,31-33H2/b25-23+. The van der Waals surface area contributed by atoms with Crippen LogP contribution in [-0.2, 0) is 5.41 Å². The molecule has 1 fully saturated rings. The second kappa shape index (κ2) is 12.6. The van der Waals surface area contributed by atoms with Gasteiger partial charge >= 0.3 is 0 Å². The Morgan fingerprint density at radius 1 is 0.556 bits per heavy atom. The third-order valence-electron chi connectivity index (χ3n) is 13.0.